The first kappa shape index (κ1) is 30.4. The molecule has 2 aliphatic carbocycles. The van der Waals surface area contributed by atoms with Gasteiger partial charge in [0.15, 0.2) is 9.84 Å². The number of alkyl halides is 5. The Morgan fingerprint density at radius 2 is 1.70 bits per heavy atom. The first-order valence-electron chi connectivity index (χ1n) is 12.9. The van der Waals surface area contributed by atoms with E-state index < -0.39 is 73.9 Å². The lowest BCUT2D eigenvalue weighted by Gasteiger charge is -2.42. The second-order valence-corrected chi connectivity index (χ2v) is 13.6. The molecule has 2 aromatic rings. The maximum absolute atomic E-state index is 14.8. The maximum Gasteiger partial charge on any atom is 0.426 e. The van der Waals surface area contributed by atoms with Crippen LogP contribution < -0.4 is 5.32 Å². The van der Waals surface area contributed by atoms with Crippen molar-refractivity contribution in [3.05, 3.63) is 65.0 Å². The van der Waals surface area contributed by atoms with Crippen molar-refractivity contribution in [2.45, 2.75) is 79.7 Å². The number of hydrogen-bond acceptors (Lipinski definition) is 4. The molecule has 2 aliphatic rings. The molecule has 1 saturated carbocycles. The van der Waals surface area contributed by atoms with E-state index >= 15 is 0 Å². The molecule has 0 heterocycles. The summed E-state index contributed by atoms with van der Waals surface area (Å²) < 4.78 is 110. The predicted octanol–water partition coefficient (Wildman–Crippen LogP) is 5.44. The highest BCUT2D eigenvalue weighted by atomic mass is 32.2. The quantitative estimate of drug-likeness (QED) is 0.332. The first-order chi connectivity index (χ1) is 18.3. The highest BCUT2D eigenvalue weighted by Gasteiger charge is 2.62. The van der Waals surface area contributed by atoms with E-state index in [4.69, 9.17) is 0 Å². The molecule has 1 unspecified atom stereocenters. The highest BCUT2D eigenvalue weighted by Crippen LogP contribution is 2.59. The zero-order valence-electron chi connectivity index (χ0n) is 22.2. The lowest BCUT2D eigenvalue weighted by molar-refractivity contribution is -0.228. The summed E-state index contributed by atoms with van der Waals surface area (Å²) in [6.07, 6.45) is -6.85. The van der Waals surface area contributed by atoms with Gasteiger partial charge in [-0.3, -0.25) is 4.79 Å². The molecule has 5 atom stereocenters. The average Bonchev–Trinajstić information content (AvgIpc) is 3.27. The van der Waals surface area contributed by atoms with Gasteiger partial charge in [-0.25, -0.2) is 21.6 Å². The number of amides is 1. The lowest BCUT2D eigenvalue weighted by Crippen LogP contribution is -2.48. The second-order valence-electron chi connectivity index (χ2n) is 11.4. The van der Waals surface area contributed by atoms with Crippen molar-refractivity contribution < 1.29 is 44.7 Å². The molecular formula is C28H31F6NO4S. The van der Waals surface area contributed by atoms with E-state index in [1.54, 1.807) is 0 Å². The summed E-state index contributed by atoms with van der Waals surface area (Å²) in [5.74, 6) is -3.02. The molecule has 12 heteroatoms. The van der Waals surface area contributed by atoms with Gasteiger partial charge >= 0.3 is 6.18 Å². The minimum Gasteiger partial charge on any atom is -0.387 e. The van der Waals surface area contributed by atoms with E-state index in [-0.39, 0.29) is 41.7 Å². The summed E-state index contributed by atoms with van der Waals surface area (Å²) in [5.41, 5.74) is -5.67. The molecule has 0 radical (unpaired) electrons. The van der Waals surface area contributed by atoms with E-state index in [1.807, 2.05) is 0 Å². The summed E-state index contributed by atoms with van der Waals surface area (Å²) in [5, 5.41) is 12.3. The highest BCUT2D eigenvalue weighted by molar-refractivity contribution is 7.92. The SMILES string of the molecule is CC(C)(O)[C@H](F)CNC(=O)[C@@H]1CC[C@@]2(S(=O)(=O)c3ccc(F)cc3)c3ccc(C(C)(F)C(F)(F)F)cc3CC[C@@H]12. The van der Waals surface area contributed by atoms with Gasteiger partial charge in [0.25, 0.3) is 0 Å². The van der Waals surface area contributed by atoms with E-state index in [9.17, 15) is 44.7 Å². The van der Waals surface area contributed by atoms with Crippen LogP contribution in [0.2, 0.25) is 0 Å². The van der Waals surface area contributed by atoms with Crippen molar-refractivity contribution in [3.8, 4) is 0 Å². The molecule has 0 aromatic heterocycles. The van der Waals surface area contributed by atoms with Crippen molar-refractivity contribution in [3.63, 3.8) is 0 Å². The number of aryl methyl sites for hydroxylation is 1. The molecule has 1 amide bonds. The van der Waals surface area contributed by atoms with Gasteiger partial charge in [-0.15, -0.1) is 0 Å². The molecule has 5 nitrogen and oxygen atoms in total. The van der Waals surface area contributed by atoms with E-state index in [1.165, 1.54) is 19.9 Å². The van der Waals surface area contributed by atoms with Crippen LogP contribution in [0.5, 0.6) is 0 Å². The number of nitrogens with one attached hydrogen (secondary N) is 1. The molecule has 0 aliphatic heterocycles. The summed E-state index contributed by atoms with van der Waals surface area (Å²) in [7, 11) is -4.36. The Morgan fingerprint density at radius 1 is 1.07 bits per heavy atom. The number of carbonyl (C=O) groups is 1. The van der Waals surface area contributed by atoms with Gasteiger partial charge in [-0.2, -0.15) is 13.2 Å². The Hall–Kier alpha value is -2.60. The topological polar surface area (TPSA) is 83.5 Å². The Morgan fingerprint density at radius 3 is 2.27 bits per heavy atom. The number of fused-ring (bicyclic) bond motifs is 3. The number of sulfone groups is 1. The molecule has 1 fully saturated rings. The number of benzene rings is 2. The fourth-order valence-corrected chi connectivity index (χ4v) is 8.49. The lowest BCUT2D eigenvalue weighted by atomic mass is 9.72. The molecule has 40 heavy (non-hydrogen) atoms. The Balaban J connectivity index is 1.81. The standard InChI is InChI=1S/C28H31F6NO4S/c1-25(2,37)23(30)15-35-24(36)20-12-13-27(40(38,39)19-8-6-18(29)7-9-19)21-11-5-17(26(3,31)28(32,33)34)14-16(21)4-10-22(20)27/h5-9,11,14,20,22-23,37H,4,10,12-13,15H2,1-3H3,(H,35,36)/t20-,22+,23-,26?,27-/m1/s1. The van der Waals surface area contributed by atoms with Gasteiger partial charge < -0.3 is 10.4 Å². The Labute approximate surface area is 228 Å². The minimum atomic E-state index is -5.20. The number of carbonyl (C=O) groups excluding carboxylic acids is 1. The third kappa shape index (κ3) is 4.91. The maximum atomic E-state index is 14.8. The molecule has 0 spiro atoms. The van der Waals surface area contributed by atoms with Crippen LogP contribution in [0.15, 0.2) is 47.4 Å². The zero-order chi connectivity index (χ0) is 29.9. The Bertz CT molecular complexity index is 1380. The van der Waals surface area contributed by atoms with Gasteiger partial charge in [0.1, 0.15) is 16.7 Å². The van der Waals surface area contributed by atoms with Crippen molar-refractivity contribution in [1.29, 1.82) is 0 Å². The number of hydrogen-bond donors (Lipinski definition) is 2. The minimum absolute atomic E-state index is 0.0704. The molecule has 2 N–H and O–H groups in total. The second kappa shape index (κ2) is 10.0. The van der Waals surface area contributed by atoms with Crippen molar-refractivity contribution in [2.24, 2.45) is 11.8 Å². The molecule has 4 rings (SSSR count). The van der Waals surface area contributed by atoms with Crippen LogP contribution in [-0.4, -0.2) is 43.9 Å². The third-order valence-electron chi connectivity index (χ3n) is 8.43. The molecular weight excluding hydrogens is 560 g/mol. The van der Waals surface area contributed by atoms with Crippen molar-refractivity contribution >= 4 is 15.7 Å². The first-order valence-corrected chi connectivity index (χ1v) is 14.4. The van der Waals surface area contributed by atoms with Crippen LogP contribution in [0, 0.1) is 17.7 Å². The zero-order valence-corrected chi connectivity index (χ0v) is 23.0. The normalized spacial score (nSPS) is 25.4. The number of aliphatic hydroxyl groups is 1. The summed E-state index contributed by atoms with van der Waals surface area (Å²) >= 11 is 0. The van der Waals surface area contributed by atoms with Crippen LogP contribution >= 0.6 is 0 Å². The van der Waals surface area contributed by atoms with E-state index in [0.717, 1.165) is 36.4 Å². The summed E-state index contributed by atoms with van der Waals surface area (Å²) in [4.78, 5) is 13.0. The Kier molecular flexibility index (Phi) is 7.62. The predicted molar refractivity (Wildman–Crippen MR) is 135 cm³/mol. The number of rotatable bonds is 7. The van der Waals surface area contributed by atoms with Gasteiger partial charge in [0.05, 0.1) is 17.0 Å². The number of halogens is 6. The van der Waals surface area contributed by atoms with Crippen LogP contribution in [0.25, 0.3) is 0 Å². The van der Waals surface area contributed by atoms with E-state index in [0.29, 0.717) is 6.92 Å². The summed E-state index contributed by atoms with van der Waals surface area (Å²) in [6, 6.07) is 7.26. The molecule has 2 aromatic carbocycles. The molecule has 0 bridgehead atoms. The van der Waals surface area contributed by atoms with Crippen LogP contribution in [-0.2, 0) is 31.5 Å². The monoisotopic (exact) mass is 591 g/mol. The van der Waals surface area contributed by atoms with Gasteiger partial charge in [0.2, 0.25) is 11.6 Å². The molecule has 220 valence electrons. The van der Waals surface area contributed by atoms with Crippen LogP contribution in [0.4, 0.5) is 26.3 Å². The fourth-order valence-electron chi connectivity index (χ4n) is 6.02. The molecule has 0 saturated heterocycles. The summed E-state index contributed by atoms with van der Waals surface area (Å²) in [6.45, 7) is 2.38. The van der Waals surface area contributed by atoms with Crippen molar-refractivity contribution in [1.82, 2.24) is 5.32 Å². The van der Waals surface area contributed by atoms with Gasteiger partial charge in [-0.05, 0) is 93.3 Å². The largest absolute Gasteiger partial charge is 0.426 e. The van der Waals surface area contributed by atoms with Crippen LogP contribution in [0.1, 0.15) is 56.7 Å². The fraction of sp³-hybridized carbons (Fsp3) is 0.536. The van der Waals surface area contributed by atoms with Gasteiger partial charge in [0, 0.05) is 5.92 Å². The van der Waals surface area contributed by atoms with Crippen molar-refractivity contribution in [2.75, 3.05) is 6.54 Å². The van der Waals surface area contributed by atoms with E-state index in [2.05, 4.69) is 5.32 Å². The smallest absolute Gasteiger partial charge is 0.387 e. The van der Waals surface area contributed by atoms with Crippen LogP contribution in [0.3, 0.4) is 0 Å². The van der Waals surface area contributed by atoms with Gasteiger partial charge in [-0.1, -0.05) is 18.2 Å². The third-order valence-corrected chi connectivity index (χ3v) is 11.0. The average molecular weight is 592 g/mol.